The third-order valence-electron chi connectivity index (χ3n) is 6.19. The monoisotopic (exact) mass is 408 g/mol. The van der Waals surface area contributed by atoms with Crippen LogP contribution in [-0.2, 0) is 0 Å². The highest BCUT2D eigenvalue weighted by atomic mass is 16.1. The van der Waals surface area contributed by atoms with Gasteiger partial charge in [0.15, 0.2) is 0 Å². The van der Waals surface area contributed by atoms with Crippen LogP contribution in [0.3, 0.4) is 0 Å². The number of anilines is 1. The first-order valence-electron chi connectivity index (χ1n) is 10.8. The molecule has 2 fully saturated rings. The zero-order valence-electron chi connectivity index (χ0n) is 17.8. The number of hydrazine groups is 1. The zero-order chi connectivity index (χ0) is 20.9. The molecule has 2 saturated heterocycles. The number of likely N-dealkylation sites (tertiary alicyclic amines) is 1. The van der Waals surface area contributed by atoms with E-state index >= 15 is 0 Å². The van der Waals surface area contributed by atoms with Crippen LogP contribution in [0, 0.1) is 5.92 Å². The quantitative estimate of drug-likeness (QED) is 0.680. The third kappa shape index (κ3) is 4.98. The summed E-state index contributed by atoms with van der Waals surface area (Å²) in [5.74, 6) is 0.546. The first kappa shape index (κ1) is 20.8. The second-order valence-corrected chi connectivity index (χ2v) is 8.48. The van der Waals surface area contributed by atoms with E-state index in [1.807, 2.05) is 61.6 Å². The summed E-state index contributed by atoms with van der Waals surface area (Å²) in [6.45, 7) is 2.83. The number of nitrogens with zero attached hydrogens (tertiary/aromatic N) is 3. The molecule has 0 saturated carbocycles. The zero-order valence-corrected chi connectivity index (χ0v) is 17.8. The Morgan fingerprint density at radius 3 is 2.73 bits per heavy atom. The molecule has 2 aromatic rings. The van der Waals surface area contributed by atoms with Gasteiger partial charge in [-0.1, -0.05) is 12.1 Å². The number of carbonyl (C=O) groups excluding carboxylic acids is 1. The standard InChI is InChI=1S/C23H32N6O/c1-28(2)19-7-5-6-18(14-19)23(30)25-16-17-9-12-29(13-10-17)22-15-21(26-27-22)20-8-3-4-11-24-20/h3-8,11,14,17,21-22,26-27H,9-10,12-13,15-16H2,1-2H3,(H,25,30). The lowest BCUT2D eigenvalue weighted by Crippen LogP contribution is -2.49. The number of amides is 1. The van der Waals surface area contributed by atoms with Gasteiger partial charge in [0.1, 0.15) is 0 Å². The van der Waals surface area contributed by atoms with E-state index < -0.39 is 0 Å². The van der Waals surface area contributed by atoms with Gasteiger partial charge in [0.05, 0.1) is 17.9 Å². The van der Waals surface area contributed by atoms with Crippen LogP contribution in [0.25, 0.3) is 0 Å². The highest BCUT2D eigenvalue weighted by molar-refractivity contribution is 5.95. The Labute approximate surface area is 178 Å². The van der Waals surface area contributed by atoms with Gasteiger partial charge in [0.25, 0.3) is 5.91 Å². The minimum Gasteiger partial charge on any atom is -0.378 e. The summed E-state index contributed by atoms with van der Waals surface area (Å²) in [7, 11) is 3.97. The van der Waals surface area contributed by atoms with Gasteiger partial charge >= 0.3 is 0 Å². The van der Waals surface area contributed by atoms with Crippen molar-refractivity contribution in [2.45, 2.75) is 31.5 Å². The van der Waals surface area contributed by atoms with Crippen molar-refractivity contribution in [3.05, 3.63) is 59.9 Å². The number of aromatic nitrogens is 1. The summed E-state index contributed by atoms with van der Waals surface area (Å²) in [4.78, 5) is 21.5. The lowest BCUT2D eigenvalue weighted by atomic mass is 9.95. The maximum Gasteiger partial charge on any atom is 0.251 e. The molecule has 7 nitrogen and oxygen atoms in total. The van der Waals surface area contributed by atoms with Crippen LogP contribution >= 0.6 is 0 Å². The first-order chi connectivity index (χ1) is 14.6. The van der Waals surface area contributed by atoms with E-state index in [4.69, 9.17) is 0 Å². The Balaban J connectivity index is 1.22. The Morgan fingerprint density at radius 2 is 2.00 bits per heavy atom. The number of carbonyl (C=O) groups is 1. The molecule has 0 radical (unpaired) electrons. The topological polar surface area (TPSA) is 72.5 Å². The van der Waals surface area contributed by atoms with Gasteiger partial charge in [-0.2, -0.15) is 0 Å². The fourth-order valence-electron chi connectivity index (χ4n) is 4.29. The lowest BCUT2D eigenvalue weighted by molar-refractivity contribution is 0.0914. The SMILES string of the molecule is CN(C)c1cccc(C(=O)NCC2CCN(C3CC(c4ccccn4)NN3)CC2)c1. The van der Waals surface area contributed by atoms with E-state index in [-0.39, 0.29) is 11.9 Å². The Bertz CT molecular complexity index is 835. The molecule has 0 aliphatic carbocycles. The number of nitrogens with one attached hydrogen (secondary N) is 3. The summed E-state index contributed by atoms with van der Waals surface area (Å²) < 4.78 is 0. The Hall–Kier alpha value is -2.48. The van der Waals surface area contributed by atoms with Crippen molar-refractivity contribution in [3.8, 4) is 0 Å². The van der Waals surface area contributed by atoms with Crippen LogP contribution in [0.5, 0.6) is 0 Å². The van der Waals surface area contributed by atoms with Crippen LogP contribution in [0.15, 0.2) is 48.7 Å². The molecule has 2 atom stereocenters. The average molecular weight is 409 g/mol. The van der Waals surface area contributed by atoms with E-state index in [1.165, 1.54) is 0 Å². The van der Waals surface area contributed by atoms with Crippen molar-refractivity contribution in [2.75, 3.05) is 38.6 Å². The van der Waals surface area contributed by atoms with Crippen molar-refractivity contribution < 1.29 is 4.79 Å². The van der Waals surface area contributed by atoms with Crippen molar-refractivity contribution in [1.82, 2.24) is 26.1 Å². The predicted molar refractivity (Wildman–Crippen MR) is 119 cm³/mol. The van der Waals surface area contributed by atoms with Crippen molar-refractivity contribution in [1.29, 1.82) is 0 Å². The van der Waals surface area contributed by atoms with Crippen molar-refractivity contribution in [2.24, 2.45) is 5.92 Å². The van der Waals surface area contributed by atoms with Gasteiger partial charge < -0.3 is 10.2 Å². The smallest absolute Gasteiger partial charge is 0.251 e. The molecule has 1 amide bonds. The Morgan fingerprint density at radius 1 is 1.17 bits per heavy atom. The molecule has 7 heteroatoms. The van der Waals surface area contributed by atoms with Crippen molar-refractivity contribution in [3.63, 3.8) is 0 Å². The molecule has 0 bridgehead atoms. The van der Waals surface area contributed by atoms with E-state index in [0.717, 1.165) is 55.8 Å². The van der Waals surface area contributed by atoms with Crippen molar-refractivity contribution >= 4 is 11.6 Å². The number of hydrogen-bond donors (Lipinski definition) is 3. The number of rotatable bonds is 6. The maximum atomic E-state index is 12.5. The number of pyridine rings is 1. The highest BCUT2D eigenvalue weighted by Crippen LogP contribution is 2.26. The van der Waals surface area contributed by atoms with E-state index in [1.54, 1.807) is 0 Å². The van der Waals surface area contributed by atoms with Crippen LogP contribution in [0.4, 0.5) is 5.69 Å². The predicted octanol–water partition coefficient (Wildman–Crippen LogP) is 2.15. The van der Waals surface area contributed by atoms with Gasteiger partial charge in [0.2, 0.25) is 0 Å². The van der Waals surface area contributed by atoms with Gasteiger partial charge in [-0.3, -0.25) is 14.7 Å². The molecule has 160 valence electrons. The fraction of sp³-hybridized carbons (Fsp3) is 0.478. The first-order valence-corrected chi connectivity index (χ1v) is 10.8. The highest BCUT2D eigenvalue weighted by Gasteiger charge is 2.32. The number of benzene rings is 1. The molecule has 1 aromatic heterocycles. The van der Waals surface area contributed by atoms with Gasteiger partial charge in [0, 0.05) is 38.1 Å². The largest absolute Gasteiger partial charge is 0.378 e. The summed E-state index contributed by atoms with van der Waals surface area (Å²) in [5, 5.41) is 3.14. The second kappa shape index (κ2) is 9.55. The van der Waals surface area contributed by atoms with Crippen LogP contribution in [0.1, 0.15) is 41.4 Å². The van der Waals surface area contributed by atoms with E-state index in [9.17, 15) is 4.79 Å². The summed E-state index contributed by atoms with van der Waals surface area (Å²) >= 11 is 0. The fourth-order valence-corrected chi connectivity index (χ4v) is 4.29. The molecule has 2 aliphatic heterocycles. The molecule has 2 aliphatic rings. The lowest BCUT2D eigenvalue weighted by Gasteiger charge is -2.35. The second-order valence-electron chi connectivity index (χ2n) is 8.48. The number of hydrogen-bond acceptors (Lipinski definition) is 6. The third-order valence-corrected chi connectivity index (χ3v) is 6.19. The van der Waals surface area contributed by atoms with Crippen LogP contribution in [-0.4, -0.2) is 55.7 Å². The van der Waals surface area contributed by atoms with Gasteiger partial charge in [-0.05, 0) is 68.6 Å². The Kier molecular flexibility index (Phi) is 6.62. The maximum absolute atomic E-state index is 12.5. The normalized spacial score (nSPS) is 22.7. The number of piperidine rings is 1. The summed E-state index contributed by atoms with van der Waals surface area (Å²) in [6.07, 6.45) is 5.40. The molecule has 30 heavy (non-hydrogen) atoms. The molecular weight excluding hydrogens is 376 g/mol. The van der Waals surface area contributed by atoms with Gasteiger partial charge in [-0.15, -0.1) is 0 Å². The molecule has 3 heterocycles. The van der Waals surface area contributed by atoms with Gasteiger partial charge in [-0.25, -0.2) is 10.9 Å². The van der Waals surface area contributed by atoms with Crippen LogP contribution in [0.2, 0.25) is 0 Å². The molecular formula is C23H32N6O. The van der Waals surface area contributed by atoms with E-state index in [0.29, 0.717) is 12.1 Å². The molecule has 4 rings (SSSR count). The minimum absolute atomic E-state index is 0.0148. The molecule has 3 N–H and O–H groups in total. The minimum atomic E-state index is 0.0148. The molecule has 1 aromatic carbocycles. The average Bonchev–Trinajstić information content (AvgIpc) is 3.29. The van der Waals surface area contributed by atoms with Crippen LogP contribution < -0.4 is 21.1 Å². The van der Waals surface area contributed by atoms with E-state index in [2.05, 4.69) is 32.1 Å². The summed E-state index contributed by atoms with van der Waals surface area (Å²) in [6, 6.07) is 14.1. The molecule has 0 spiro atoms. The summed E-state index contributed by atoms with van der Waals surface area (Å²) in [5.41, 5.74) is 9.67. The molecule has 2 unspecified atom stereocenters.